The van der Waals surface area contributed by atoms with Crippen LogP contribution in [-0.4, -0.2) is 43.0 Å². The maximum absolute atomic E-state index is 13.9. The predicted octanol–water partition coefficient (Wildman–Crippen LogP) is 7.26. The molecule has 0 aliphatic rings. The van der Waals surface area contributed by atoms with Crippen LogP contribution in [-0.2, 0) is 24.3 Å². The molecule has 1 amide bonds. The minimum atomic E-state index is -0.445. The molecule has 2 atom stereocenters. The fourth-order valence-corrected chi connectivity index (χ4v) is 5.37. The summed E-state index contributed by atoms with van der Waals surface area (Å²) >= 11 is 18.6. The minimum absolute atomic E-state index is 0.0114. The number of benzene rings is 3. The van der Waals surface area contributed by atoms with Crippen molar-refractivity contribution in [3.8, 4) is 0 Å². The maximum atomic E-state index is 13.9. The number of hydrogen-bond donors (Lipinski definition) is 2. The van der Waals surface area contributed by atoms with Crippen LogP contribution in [0.15, 0.2) is 79.3 Å². The summed E-state index contributed by atoms with van der Waals surface area (Å²) in [5, 5.41) is 18.4. The minimum Gasteiger partial charge on any atom is -0.351 e. The van der Waals surface area contributed by atoms with Crippen molar-refractivity contribution in [3.05, 3.63) is 122 Å². The van der Waals surface area contributed by atoms with E-state index < -0.39 is 10.7 Å². The number of hydrogen-bond acceptors (Lipinski definition) is 5. The van der Waals surface area contributed by atoms with Crippen molar-refractivity contribution < 1.29 is 14.1 Å². The van der Waals surface area contributed by atoms with Gasteiger partial charge in [0.25, 0.3) is 5.69 Å². The summed E-state index contributed by atoms with van der Waals surface area (Å²) in [4.78, 5) is 30.1. The second-order valence-corrected chi connectivity index (χ2v) is 11.9. The third-order valence-corrected chi connectivity index (χ3v) is 8.71. The predicted molar refractivity (Wildman–Crippen MR) is 179 cm³/mol. The Kier molecular flexibility index (Phi) is 11.9. The number of carbonyl (C=O) groups excluding carboxylic acids is 1. The van der Waals surface area contributed by atoms with Gasteiger partial charge in [0.2, 0.25) is 5.91 Å². The maximum Gasteiger partial charge on any atom is 0.269 e. The lowest BCUT2D eigenvalue weighted by Crippen LogP contribution is -2.50. The smallest absolute Gasteiger partial charge is 0.269 e. The number of aromatic nitrogens is 2. The molecule has 1 heterocycles. The molecule has 0 unspecified atom stereocenters. The highest BCUT2D eigenvalue weighted by Gasteiger charge is 2.25. The second kappa shape index (κ2) is 15.8. The number of nitrogens with zero attached hydrogens (tertiary/aromatic N) is 4. The Morgan fingerprint density at radius 1 is 1.16 bits per heavy atom. The third-order valence-electron chi connectivity index (χ3n) is 7.49. The lowest BCUT2D eigenvalue weighted by molar-refractivity contribution is -0.384. The van der Waals surface area contributed by atoms with Gasteiger partial charge in [-0.3, -0.25) is 14.9 Å². The number of carbonyl (C=O) groups is 1. The largest absolute Gasteiger partial charge is 0.351 e. The Morgan fingerprint density at radius 2 is 1.89 bits per heavy atom. The van der Waals surface area contributed by atoms with Gasteiger partial charge in [-0.2, -0.15) is 0 Å². The highest BCUT2D eigenvalue weighted by atomic mass is 35.5. The van der Waals surface area contributed by atoms with E-state index in [9.17, 15) is 19.3 Å². The zero-order chi connectivity index (χ0) is 32.5. The topological polar surface area (TPSA) is 105 Å². The lowest BCUT2D eigenvalue weighted by Gasteiger charge is -2.33. The Hall–Kier alpha value is -4.06. The first-order valence-electron chi connectivity index (χ1n) is 14.3. The summed E-state index contributed by atoms with van der Waals surface area (Å²) in [6.07, 6.45) is 4.13. The highest BCUT2D eigenvalue weighted by Crippen LogP contribution is 2.27. The highest BCUT2D eigenvalue weighted by molar-refractivity contribution is 7.80. The number of anilines is 1. The molecule has 0 spiro atoms. The number of nitro groups is 1. The fourth-order valence-electron chi connectivity index (χ4n) is 4.73. The molecule has 4 rings (SSSR count). The number of non-ortho nitro benzene ring substituents is 1. The van der Waals surface area contributed by atoms with Gasteiger partial charge in [-0.1, -0.05) is 73.8 Å². The van der Waals surface area contributed by atoms with Crippen LogP contribution in [0.25, 0.3) is 0 Å². The summed E-state index contributed by atoms with van der Waals surface area (Å²) in [6, 6.07) is 17.3. The standard InChI is InChI=1S/C32H33Cl2FN6O3S/c1-3-21(2)29(38-30(42)15-27-16-36-20-40(27)17-22-10-12-26(13-11-22)41(43)44)19-39(18-23-6-4-9-28(33)31(23)34)32(45)37-25-8-5-7-24(35)14-25/h4-14,16,20-21,29H,3,15,17-19H2,1-2H3,(H,37,45)(H,38,42)/t21-,29+/m0/s1. The monoisotopic (exact) mass is 670 g/mol. The quantitative estimate of drug-likeness (QED) is 0.0876. The first-order valence-corrected chi connectivity index (χ1v) is 15.5. The van der Waals surface area contributed by atoms with E-state index in [4.69, 9.17) is 35.4 Å². The van der Waals surface area contributed by atoms with Crippen molar-refractivity contribution in [3.63, 3.8) is 0 Å². The van der Waals surface area contributed by atoms with Crippen LogP contribution >= 0.6 is 35.4 Å². The van der Waals surface area contributed by atoms with Crippen molar-refractivity contribution in [2.24, 2.45) is 5.92 Å². The van der Waals surface area contributed by atoms with Gasteiger partial charge in [0.1, 0.15) is 5.82 Å². The summed E-state index contributed by atoms with van der Waals surface area (Å²) in [5.74, 6) is -0.520. The molecule has 0 saturated carbocycles. The summed E-state index contributed by atoms with van der Waals surface area (Å²) < 4.78 is 15.7. The van der Waals surface area contributed by atoms with Crippen molar-refractivity contribution in [1.82, 2.24) is 19.8 Å². The average Bonchev–Trinajstić information content (AvgIpc) is 3.44. The van der Waals surface area contributed by atoms with Gasteiger partial charge in [-0.15, -0.1) is 0 Å². The molecule has 0 radical (unpaired) electrons. The SMILES string of the molecule is CC[C@H](C)[C@@H](CN(Cc1cccc(Cl)c1Cl)C(=S)Nc1cccc(F)c1)NC(=O)Cc1cncn1Cc1ccc([N+](=O)[O-])cc1. The number of nitrogens with one attached hydrogen (secondary N) is 2. The molecule has 13 heteroatoms. The number of nitro benzene ring substituents is 1. The molecule has 1 aromatic heterocycles. The Balaban J connectivity index is 1.50. The number of halogens is 3. The van der Waals surface area contributed by atoms with Crippen LogP contribution in [0, 0.1) is 21.8 Å². The molecule has 9 nitrogen and oxygen atoms in total. The van der Waals surface area contributed by atoms with Crippen LogP contribution in [0.5, 0.6) is 0 Å². The van der Waals surface area contributed by atoms with Gasteiger partial charge in [0.05, 0.1) is 27.7 Å². The number of thiocarbonyl (C=S) groups is 1. The Morgan fingerprint density at radius 3 is 2.58 bits per heavy atom. The van der Waals surface area contributed by atoms with Crippen molar-refractivity contribution in [2.45, 2.75) is 45.8 Å². The zero-order valence-corrected chi connectivity index (χ0v) is 27.1. The van der Waals surface area contributed by atoms with Gasteiger partial charge in [0, 0.05) is 55.4 Å². The molecule has 0 aliphatic carbocycles. The fraction of sp³-hybridized carbons (Fsp3) is 0.281. The molecule has 4 aromatic rings. The molecular formula is C32H33Cl2FN6O3S. The van der Waals surface area contributed by atoms with E-state index in [0.717, 1.165) is 17.5 Å². The van der Waals surface area contributed by atoms with Gasteiger partial charge in [-0.25, -0.2) is 9.37 Å². The zero-order valence-electron chi connectivity index (χ0n) is 24.8. The average molecular weight is 672 g/mol. The normalized spacial score (nSPS) is 12.3. The first-order chi connectivity index (χ1) is 21.5. The molecule has 236 valence electrons. The van der Waals surface area contributed by atoms with Crippen molar-refractivity contribution >= 4 is 57.8 Å². The Labute approximate surface area is 276 Å². The van der Waals surface area contributed by atoms with E-state index in [-0.39, 0.29) is 30.0 Å². The van der Waals surface area contributed by atoms with Gasteiger partial charge in [-0.05, 0) is 53.5 Å². The number of imidazole rings is 1. The van der Waals surface area contributed by atoms with Crippen molar-refractivity contribution in [1.29, 1.82) is 0 Å². The van der Waals surface area contributed by atoms with Crippen LogP contribution in [0.2, 0.25) is 10.0 Å². The molecule has 0 bridgehead atoms. The van der Waals surface area contributed by atoms with Crippen LogP contribution < -0.4 is 10.6 Å². The molecule has 2 N–H and O–H groups in total. The Bertz CT molecular complexity index is 1650. The summed E-state index contributed by atoms with van der Waals surface area (Å²) in [5.41, 5.74) is 2.79. The third kappa shape index (κ3) is 9.46. The van der Waals surface area contributed by atoms with Crippen LogP contribution in [0.4, 0.5) is 15.8 Å². The van der Waals surface area contributed by atoms with E-state index in [2.05, 4.69) is 22.5 Å². The molecule has 0 saturated heterocycles. The first kappa shape index (κ1) is 33.8. The molecule has 0 fully saturated rings. The molecule has 45 heavy (non-hydrogen) atoms. The number of amides is 1. The van der Waals surface area contributed by atoms with Gasteiger partial charge in [0.15, 0.2) is 5.11 Å². The van der Waals surface area contributed by atoms with Gasteiger partial charge >= 0.3 is 0 Å². The van der Waals surface area contributed by atoms with E-state index in [0.29, 0.717) is 46.2 Å². The van der Waals surface area contributed by atoms with E-state index in [1.807, 2.05) is 22.5 Å². The lowest BCUT2D eigenvalue weighted by atomic mass is 9.98. The van der Waals surface area contributed by atoms with E-state index in [1.165, 1.54) is 24.3 Å². The molecule has 3 aromatic carbocycles. The van der Waals surface area contributed by atoms with Crippen molar-refractivity contribution in [2.75, 3.05) is 11.9 Å². The van der Waals surface area contributed by atoms with Gasteiger partial charge < -0.3 is 20.1 Å². The van der Waals surface area contributed by atoms with Crippen LogP contribution in [0.3, 0.4) is 0 Å². The van der Waals surface area contributed by atoms with E-state index >= 15 is 0 Å². The molecule has 0 aliphatic heterocycles. The number of rotatable bonds is 13. The van der Waals surface area contributed by atoms with Crippen LogP contribution in [0.1, 0.15) is 37.1 Å². The molecular weight excluding hydrogens is 638 g/mol. The summed E-state index contributed by atoms with van der Waals surface area (Å²) in [7, 11) is 0. The summed E-state index contributed by atoms with van der Waals surface area (Å²) in [6.45, 7) is 5.14. The van der Waals surface area contributed by atoms with E-state index in [1.54, 1.807) is 48.9 Å². The second-order valence-electron chi connectivity index (χ2n) is 10.7.